The maximum atomic E-state index is 12.5. The summed E-state index contributed by atoms with van der Waals surface area (Å²) in [5, 5.41) is 2.67. The Bertz CT molecular complexity index is 980. The second-order valence-corrected chi connectivity index (χ2v) is 5.69. The number of carbonyl (C=O) groups is 1. The van der Waals surface area contributed by atoms with E-state index in [1.54, 1.807) is 43.6 Å². The summed E-state index contributed by atoms with van der Waals surface area (Å²) in [5.74, 6) is 0.935. The minimum absolute atomic E-state index is 0.00227. The summed E-state index contributed by atoms with van der Waals surface area (Å²) in [6, 6.07) is 10.7. The van der Waals surface area contributed by atoms with Crippen molar-refractivity contribution in [2.75, 3.05) is 20.3 Å². The Balaban J connectivity index is 1.60. The molecule has 0 saturated heterocycles. The average molecular weight is 353 g/mol. The predicted molar refractivity (Wildman–Crippen MR) is 97.0 cm³/mol. The van der Waals surface area contributed by atoms with Crippen LogP contribution in [0.5, 0.6) is 11.5 Å². The quantitative estimate of drug-likeness (QED) is 0.684. The first-order valence-corrected chi connectivity index (χ1v) is 8.11. The summed E-state index contributed by atoms with van der Waals surface area (Å²) in [6.07, 6.45) is 2.96. The number of benzene rings is 1. The number of hydrogen-bond acceptors (Lipinski definition) is 5. The number of carbonyl (C=O) groups excluding carboxylic acids is 1. The molecule has 0 aliphatic heterocycles. The minimum atomic E-state index is -0.475. The molecule has 0 unspecified atom stereocenters. The highest BCUT2D eigenvalue weighted by Crippen LogP contribution is 2.16. The number of hydrogen-bond donors (Lipinski definition) is 1. The van der Waals surface area contributed by atoms with Crippen molar-refractivity contribution in [2.24, 2.45) is 0 Å². The summed E-state index contributed by atoms with van der Waals surface area (Å²) < 4.78 is 12.0. The van der Waals surface area contributed by atoms with Gasteiger partial charge in [0.15, 0.2) is 0 Å². The molecule has 3 aromatic rings. The molecule has 2 heterocycles. The van der Waals surface area contributed by atoms with Gasteiger partial charge in [-0.3, -0.25) is 14.0 Å². The van der Waals surface area contributed by atoms with Gasteiger partial charge in [0.05, 0.1) is 13.7 Å². The number of aromatic nitrogens is 2. The number of nitrogens with one attached hydrogen (secondary N) is 1. The Labute approximate surface area is 150 Å². The van der Waals surface area contributed by atoms with Crippen LogP contribution in [0.25, 0.3) is 5.65 Å². The van der Waals surface area contributed by atoms with E-state index in [1.807, 2.05) is 13.0 Å². The molecule has 0 aliphatic rings. The zero-order valence-electron chi connectivity index (χ0n) is 14.6. The van der Waals surface area contributed by atoms with Gasteiger partial charge in [-0.15, -0.1) is 0 Å². The van der Waals surface area contributed by atoms with Crippen molar-refractivity contribution in [3.8, 4) is 11.5 Å². The molecule has 7 heteroatoms. The van der Waals surface area contributed by atoms with Crippen molar-refractivity contribution in [3.63, 3.8) is 0 Å². The van der Waals surface area contributed by atoms with Crippen LogP contribution < -0.4 is 20.3 Å². The van der Waals surface area contributed by atoms with E-state index < -0.39 is 11.5 Å². The number of methoxy groups -OCH3 is 1. The van der Waals surface area contributed by atoms with E-state index in [9.17, 15) is 9.59 Å². The first-order valence-electron chi connectivity index (χ1n) is 8.11. The first kappa shape index (κ1) is 17.5. The lowest BCUT2D eigenvalue weighted by molar-refractivity contribution is 0.0945. The topological polar surface area (TPSA) is 81.9 Å². The van der Waals surface area contributed by atoms with Gasteiger partial charge in [0.2, 0.25) is 0 Å². The number of pyridine rings is 1. The summed E-state index contributed by atoms with van der Waals surface area (Å²) in [4.78, 5) is 28.9. The predicted octanol–water partition coefficient (Wildman–Crippen LogP) is 1.82. The average Bonchev–Trinajstić information content (AvgIpc) is 2.66. The third kappa shape index (κ3) is 3.83. The summed E-state index contributed by atoms with van der Waals surface area (Å²) in [5.41, 5.74) is 1.01. The highest BCUT2D eigenvalue weighted by Gasteiger charge is 2.12. The molecular formula is C19H19N3O4. The maximum Gasteiger partial charge on any atom is 0.270 e. The Morgan fingerprint density at radius 1 is 1.15 bits per heavy atom. The molecule has 3 rings (SSSR count). The minimum Gasteiger partial charge on any atom is -0.497 e. The van der Waals surface area contributed by atoms with E-state index in [0.29, 0.717) is 11.4 Å². The van der Waals surface area contributed by atoms with E-state index in [4.69, 9.17) is 9.47 Å². The van der Waals surface area contributed by atoms with Crippen molar-refractivity contribution in [2.45, 2.75) is 6.92 Å². The molecule has 0 spiro atoms. The lowest BCUT2D eigenvalue weighted by Crippen LogP contribution is -2.34. The number of nitrogens with zero attached hydrogens (tertiary/aromatic N) is 2. The van der Waals surface area contributed by atoms with Crippen LogP contribution in [0.2, 0.25) is 0 Å². The van der Waals surface area contributed by atoms with E-state index in [0.717, 1.165) is 11.3 Å². The fourth-order valence-electron chi connectivity index (χ4n) is 2.44. The highest BCUT2D eigenvalue weighted by atomic mass is 16.5. The van der Waals surface area contributed by atoms with Crippen LogP contribution in [0.3, 0.4) is 0 Å². The number of aryl methyl sites for hydroxylation is 1. The first-order chi connectivity index (χ1) is 12.6. The van der Waals surface area contributed by atoms with E-state index >= 15 is 0 Å². The van der Waals surface area contributed by atoms with Crippen molar-refractivity contribution in [1.29, 1.82) is 0 Å². The molecular weight excluding hydrogens is 334 g/mol. The third-order valence-corrected chi connectivity index (χ3v) is 3.81. The number of fused-ring (bicyclic) bond motifs is 1. The van der Waals surface area contributed by atoms with Crippen LogP contribution in [0.1, 0.15) is 15.9 Å². The van der Waals surface area contributed by atoms with Crippen LogP contribution in [-0.4, -0.2) is 35.6 Å². The maximum absolute atomic E-state index is 12.5. The largest absolute Gasteiger partial charge is 0.497 e. The van der Waals surface area contributed by atoms with E-state index in [-0.39, 0.29) is 18.7 Å². The van der Waals surface area contributed by atoms with Crippen molar-refractivity contribution in [3.05, 3.63) is 70.3 Å². The molecule has 0 fully saturated rings. The molecule has 0 bridgehead atoms. The number of ether oxygens (including phenoxy) is 2. The van der Waals surface area contributed by atoms with Gasteiger partial charge < -0.3 is 14.8 Å². The smallest absolute Gasteiger partial charge is 0.270 e. The van der Waals surface area contributed by atoms with Crippen molar-refractivity contribution in [1.82, 2.24) is 14.7 Å². The van der Waals surface area contributed by atoms with Gasteiger partial charge >= 0.3 is 0 Å². The fourth-order valence-corrected chi connectivity index (χ4v) is 2.44. The molecule has 26 heavy (non-hydrogen) atoms. The highest BCUT2D eigenvalue weighted by molar-refractivity contribution is 5.93. The SMILES string of the molecule is COc1ccc(OCCNC(=O)c2cnc3ccc(C)cn3c2=O)cc1. The van der Waals surface area contributed by atoms with Gasteiger partial charge in [-0.2, -0.15) is 0 Å². The molecule has 1 amide bonds. The molecule has 0 aliphatic carbocycles. The molecule has 134 valence electrons. The van der Waals surface area contributed by atoms with Crippen LogP contribution in [0.4, 0.5) is 0 Å². The Kier molecular flexibility index (Phi) is 5.17. The molecule has 2 aromatic heterocycles. The van der Waals surface area contributed by atoms with Gasteiger partial charge in [-0.05, 0) is 42.8 Å². The van der Waals surface area contributed by atoms with Gasteiger partial charge in [0.25, 0.3) is 11.5 Å². The second kappa shape index (κ2) is 7.69. The van der Waals surface area contributed by atoms with Crippen LogP contribution >= 0.6 is 0 Å². The molecule has 0 atom stereocenters. The summed E-state index contributed by atoms with van der Waals surface area (Å²) >= 11 is 0. The van der Waals surface area contributed by atoms with Gasteiger partial charge in [-0.25, -0.2) is 4.98 Å². The zero-order valence-corrected chi connectivity index (χ0v) is 14.6. The van der Waals surface area contributed by atoms with Gasteiger partial charge in [0.1, 0.15) is 29.3 Å². The summed E-state index contributed by atoms with van der Waals surface area (Å²) in [7, 11) is 1.59. The molecule has 1 aromatic carbocycles. The zero-order chi connectivity index (χ0) is 18.5. The standard InChI is InChI=1S/C19H19N3O4/c1-13-3-8-17-21-11-16(19(24)22(17)12-13)18(23)20-9-10-26-15-6-4-14(25-2)5-7-15/h3-8,11-12H,9-10H2,1-2H3,(H,20,23). The van der Waals surface area contributed by atoms with Crippen LogP contribution in [0.15, 0.2) is 53.6 Å². The second-order valence-electron chi connectivity index (χ2n) is 5.69. The van der Waals surface area contributed by atoms with Gasteiger partial charge in [-0.1, -0.05) is 6.07 Å². The summed E-state index contributed by atoms with van der Waals surface area (Å²) in [6.45, 7) is 2.41. The van der Waals surface area contributed by atoms with Crippen molar-refractivity contribution < 1.29 is 14.3 Å². The lowest BCUT2D eigenvalue weighted by Gasteiger charge is -2.09. The molecule has 7 nitrogen and oxygen atoms in total. The van der Waals surface area contributed by atoms with E-state index in [2.05, 4.69) is 10.3 Å². The lowest BCUT2D eigenvalue weighted by atomic mass is 10.2. The molecule has 1 N–H and O–H groups in total. The van der Waals surface area contributed by atoms with Crippen LogP contribution in [-0.2, 0) is 0 Å². The van der Waals surface area contributed by atoms with E-state index in [1.165, 1.54) is 10.6 Å². The third-order valence-electron chi connectivity index (χ3n) is 3.81. The monoisotopic (exact) mass is 353 g/mol. The van der Waals surface area contributed by atoms with Crippen molar-refractivity contribution >= 4 is 11.6 Å². The normalized spacial score (nSPS) is 10.5. The Hall–Kier alpha value is -3.35. The Morgan fingerprint density at radius 3 is 2.62 bits per heavy atom. The fraction of sp³-hybridized carbons (Fsp3) is 0.211. The Morgan fingerprint density at radius 2 is 1.88 bits per heavy atom. The van der Waals surface area contributed by atoms with Gasteiger partial charge in [0, 0.05) is 12.4 Å². The number of rotatable bonds is 6. The molecule has 0 saturated carbocycles. The molecule has 0 radical (unpaired) electrons. The number of amides is 1. The van der Waals surface area contributed by atoms with Crippen LogP contribution in [0, 0.1) is 6.92 Å².